The summed E-state index contributed by atoms with van der Waals surface area (Å²) in [6.45, 7) is 4.62. The molecule has 0 aliphatic heterocycles. The molecule has 0 saturated carbocycles. The van der Waals surface area contributed by atoms with Gasteiger partial charge < -0.3 is 14.8 Å². The second-order valence-electron chi connectivity index (χ2n) is 5.97. The van der Waals surface area contributed by atoms with Crippen molar-refractivity contribution in [3.05, 3.63) is 59.2 Å². The van der Waals surface area contributed by atoms with E-state index in [1.165, 1.54) is 12.1 Å². The Hall–Kier alpha value is -2.42. The zero-order chi connectivity index (χ0) is 20.0. The summed E-state index contributed by atoms with van der Waals surface area (Å²) < 4.78 is 33.4. The topological polar surface area (TPSA) is 108 Å². The van der Waals surface area contributed by atoms with Crippen molar-refractivity contribution in [2.24, 2.45) is 5.14 Å². The molecule has 0 aliphatic carbocycles. The molecule has 8 heteroatoms. The molecular formula is C19H24N2O5S. The second kappa shape index (κ2) is 8.98. The van der Waals surface area contributed by atoms with Crippen LogP contribution in [0.5, 0.6) is 5.75 Å². The van der Waals surface area contributed by atoms with E-state index in [4.69, 9.17) is 14.6 Å². The van der Waals surface area contributed by atoms with E-state index in [0.29, 0.717) is 24.5 Å². The maximum absolute atomic E-state index is 12.6. The van der Waals surface area contributed by atoms with Crippen molar-refractivity contribution in [3.63, 3.8) is 0 Å². The molecule has 1 unspecified atom stereocenters. The zero-order valence-corrected chi connectivity index (χ0v) is 16.4. The van der Waals surface area contributed by atoms with Crippen LogP contribution in [0.3, 0.4) is 0 Å². The predicted molar refractivity (Wildman–Crippen MR) is 102 cm³/mol. The van der Waals surface area contributed by atoms with Gasteiger partial charge in [-0.15, -0.1) is 0 Å². The fourth-order valence-electron chi connectivity index (χ4n) is 2.55. The van der Waals surface area contributed by atoms with E-state index in [9.17, 15) is 13.2 Å². The summed E-state index contributed by atoms with van der Waals surface area (Å²) in [6.07, 6.45) is 0. The van der Waals surface area contributed by atoms with E-state index in [0.717, 1.165) is 11.1 Å². The molecule has 1 amide bonds. The van der Waals surface area contributed by atoms with Gasteiger partial charge in [0.25, 0.3) is 5.91 Å². The van der Waals surface area contributed by atoms with Crippen LogP contribution in [0.2, 0.25) is 0 Å². The highest BCUT2D eigenvalue weighted by atomic mass is 32.2. The molecule has 7 nitrogen and oxygen atoms in total. The first kappa shape index (κ1) is 20.9. The number of carbonyl (C=O) groups excluding carboxylic acids is 1. The molecule has 0 aromatic heterocycles. The maximum atomic E-state index is 12.6. The highest BCUT2D eigenvalue weighted by molar-refractivity contribution is 7.89. The van der Waals surface area contributed by atoms with Crippen molar-refractivity contribution < 1.29 is 22.7 Å². The van der Waals surface area contributed by atoms with E-state index in [-0.39, 0.29) is 16.8 Å². The standard InChI is InChI=1S/C19H24N2O5S/c1-4-26-12-16-11-15(7-10-18(16)25-3)19(22)21-13(2)14-5-8-17(9-6-14)27(20,23)24/h5-11,13H,4,12H2,1-3H3,(H,21,22)(H2,20,23,24). The van der Waals surface area contributed by atoms with E-state index >= 15 is 0 Å². The number of nitrogens with one attached hydrogen (secondary N) is 1. The molecule has 27 heavy (non-hydrogen) atoms. The monoisotopic (exact) mass is 392 g/mol. The smallest absolute Gasteiger partial charge is 0.251 e. The molecule has 2 aromatic carbocycles. The van der Waals surface area contributed by atoms with Crippen LogP contribution in [-0.2, 0) is 21.4 Å². The van der Waals surface area contributed by atoms with Gasteiger partial charge in [-0.1, -0.05) is 12.1 Å². The third-order valence-electron chi connectivity index (χ3n) is 4.06. The van der Waals surface area contributed by atoms with Gasteiger partial charge in [-0.2, -0.15) is 0 Å². The fraction of sp³-hybridized carbons (Fsp3) is 0.316. The summed E-state index contributed by atoms with van der Waals surface area (Å²) in [5, 5.41) is 7.98. The number of carbonyl (C=O) groups is 1. The summed E-state index contributed by atoms with van der Waals surface area (Å²) in [7, 11) is -2.17. The Morgan fingerprint density at radius 3 is 2.41 bits per heavy atom. The van der Waals surface area contributed by atoms with Gasteiger partial charge in [0.05, 0.1) is 24.7 Å². The van der Waals surface area contributed by atoms with Gasteiger partial charge in [-0.25, -0.2) is 13.6 Å². The van der Waals surface area contributed by atoms with Crippen molar-refractivity contribution in [2.45, 2.75) is 31.4 Å². The summed E-state index contributed by atoms with van der Waals surface area (Å²) in [5.74, 6) is 0.407. The lowest BCUT2D eigenvalue weighted by Crippen LogP contribution is -2.26. The van der Waals surface area contributed by atoms with E-state index in [2.05, 4.69) is 5.32 Å². The highest BCUT2D eigenvalue weighted by Crippen LogP contribution is 2.22. The van der Waals surface area contributed by atoms with Crippen LogP contribution in [-0.4, -0.2) is 28.0 Å². The molecule has 0 radical (unpaired) electrons. The predicted octanol–water partition coefficient (Wildman–Crippen LogP) is 2.37. The molecule has 2 rings (SSSR count). The van der Waals surface area contributed by atoms with E-state index in [1.807, 2.05) is 13.8 Å². The first-order valence-electron chi connectivity index (χ1n) is 8.44. The van der Waals surface area contributed by atoms with Gasteiger partial charge >= 0.3 is 0 Å². The maximum Gasteiger partial charge on any atom is 0.251 e. The number of nitrogens with two attached hydrogens (primary N) is 1. The zero-order valence-electron chi connectivity index (χ0n) is 15.6. The Balaban J connectivity index is 2.14. The molecule has 0 fully saturated rings. The summed E-state index contributed by atoms with van der Waals surface area (Å²) in [5.41, 5.74) is 2.04. The quantitative estimate of drug-likeness (QED) is 0.717. The SMILES string of the molecule is CCOCc1cc(C(=O)NC(C)c2ccc(S(N)(=O)=O)cc2)ccc1OC. The number of amides is 1. The first-order chi connectivity index (χ1) is 12.8. The van der Waals surface area contributed by atoms with Gasteiger partial charge in [-0.05, 0) is 49.7 Å². The number of benzene rings is 2. The van der Waals surface area contributed by atoms with Crippen LogP contribution in [0.4, 0.5) is 0 Å². The van der Waals surface area contributed by atoms with Crippen molar-refractivity contribution in [3.8, 4) is 5.75 Å². The molecule has 2 aromatic rings. The van der Waals surface area contributed by atoms with Crippen LogP contribution < -0.4 is 15.2 Å². The average Bonchev–Trinajstić information content (AvgIpc) is 2.65. The van der Waals surface area contributed by atoms with Crippen LogP contribution in [0, 0.1) is 0 Å². The lowest BCUT2D eigenvalue weighted by molar-refractivity contribution is 0.0939. The third kappa shape index (κ3) is 5.53. The lowest BCUT2D eigenvalue weighted by Gasteiger charge is -2.16. The number of sulfonamides is 1. The summed E-state index contributed by atoms with van der Waals surface area (Å²) >= 11 is 0. The minimum atomic E-state index is -3.74. The Kier molecular flexibility index (Phi) is 6.95. The van der Waals surface area contributed by atoms with Crippen molar-refractivity contribution in [2.75, 3.05) is 13.7 Å². The normalized spacial score (nSPS) is 12.4. The fourth-order valence-corrected chi connectivity index (χ4v) is 3.07. The minimum absolute atomic E-state index is 0.0282. The number of hydrogen-bond acceptors (Lipinski definition) is 5. The van der Waals surface area contributed by atoms with Crippen LogP contribution in [0.1, 0.15) is 41.4 Å². The minimum Gasteiger partial charge on any atom is -0.496 e. The lowest BCUT2D eigenvalue weighted by atomic mass is 10.1. The highest BCUT2D eigenvalue weighted by Gasteiger charge is 2.15. The van der Waals surface area contributed by atoms with Crippen LogP contribution in [0.25, 0.3) is 0 Å². The van der Waals surface area contributed by atoms with E-state index < -0.39 is 10.0 Å². The average molecular weight is 392 g/mol. The summed E-state index contributed by atoms with van der Waals surface area (Å²) in [4.78, 5) is 12.6. The number of ether oxygens (including phenoxy) is 2. The number of primary sulfonamides is 1. The molecule has 0 saturated heterocycles. The van der Waals surface area contributed by atoms with Crippen molar-refractivity contribution in [1.82, 2.24) is 5.32 Å². The Morgan fingerprint density at radius 2 is 1.85 bits per heavy atom. The van der Waals surface area contributed by atoms with Gasteiger partial charge in [0, 0.05) is 17.7 Å². The third-order valence-corrected chi connectivity index (χ3v) is 4.99. The van der Waals surface area contributed by atoms with Gasteiger partial charge in [-0.3, -0.25) is 4.79 Å². The molecule has 0 spiro atoms. The van der Waals surface area contributed by atoms with Crippen LogP contribution in [0.15, 0.2) is 47.4 Å². The second-order valence-corrected chi connectivity index (χ2v) is 7.53. The Bertz CT molecular complexity index is 895. The largest absolute Gasteiger partial charge is 0.496 e. The van der Waals surface area contributed by atoms with Crippen LogP contribution >= 0.6 is 0 Å². The summed E-state index contributed by atoms with van der Waals surface area (Å²) in [6, 6.07) is 10.9. The Morgan fingerprint density at radius 1 is 1.19 bits per heavy atom. The number of rotatable bonds is 8. The molecule has 1 atom stereocenters. The molecule has 3 N–H and O–H groups in total. The van der Waals surface area contributed by atoms with Gasteiger partial charge in [0.15, 0.2) is 0 Å². The molecule has 0 heterocycles. The Labute approximate surface area is 159 Å². The van der Waals surface area contributed by atoms with Gasteiger partial charge in [0.1, 0.15) is 5.75 Å². The van der Waals surface area contributed by atoms with Gasteiger partial charge in [0.2, 0.25) is 10.0 Å². The number of methoxy groups -OCH3 is 1. The molecule has 0 aliphatic rings. The first-order valence-corrected chi connectivity index (χ1v) is 9.99. The molecule has 146 valence electrons. The van der Waals surface area contributed by atoms with E-state index in [1.54, 1.807) is 37.4 Å². The van der Waals surface area contributed by atoms with Crippen molar-refractivity contribution in [1.29, 1.82) is 0 Å². The molecular weight excluding hydrogens is 368 g/mol. The number of hydrogen-bond donors (Lipinski definition) is 2. The molecule has 0 bridgehead atoms. The van der Waals surface area contributed by atoms with Crippen molar-refractivity contribution >= 4 is 15.9 Å².